The topological polar surface area (TPSA) is 115 Å². The highest BCUT2D eigenvalue weighted by Crippen LogP contribution is 2.59. The summed E-state index contributed by atoms with van der Waals surface area (Å²) in [6, 6.07) is 44.0. The van der Waals surface area contributed by atoms with Crippen molar-refractivity contribution in [3.8, 4) is 28.4 Å². The number of rotatable bonds is 6. The number of methoxy groups -OCH3 is 1. The maximum Gasteiger partial charge on any atom is 0.584 e. The van der Waals surface area contributed by atoms with E-state index in [0.29, 0.717) is 22.4 Å². The van der Waals surface area contributed by atoms with Crippen LogP contribution in [0.15, 0.2) is 162 Å². The highest BCUT2D eigenvalue weighted by molar-refractivity contribution is 7.89. The van der Waals surface area contributed by atoms with Gasteiger partial charge in [0, 0.05) is 11.1 Å². The molecule has 0 bridgehead atoms. The molecular weight excluding hydrogens is 708 g/mol. The third-order valence-electron chi connectivity index (χ3n) is 9.72. The van der Waals surface area contributed by atoms with Crippen LogP contribution in [0.5, 0.6) is 17.2 Å². The average molecular weight is 739 g/mol. The van der Waals surface area contributed by atoms with Crippen LogP contribution < -0.4 is 13.8 Å². The molecule has 2 heterocycles. The first-order valence-corrected chi connectivity index (χ1v) is 19.8. The van der Waals surface area contributed by atoms with Crippen molar-refractivity contribution in [1.82, 2.24) is 4.31 Å². The number of amidine groups is 1. The van der Waals surface area contributed by atoms with Crippen LogP contribution in [0.2, 0.25) is 0 Å². The molecule has 7 aromatic carbocycles. The van der Waals surface area contributed by atoms with Crippen LogP contribution in [-0.2, 0) is 14.6 Å². The van der Waals surface area contributed by atoms with Gasteiger partial charge in [0.05, 0.1) is 23.6 Å². The zero-order chi connectivity index (χ0) is 36.3. The second-order valence-corrected chi connectivity index (χ2v) is 15.9. The molecule has 3 atom stereocenters. The fraction of sp³-hybridized carbons (Fsp3) is 0.0714. The van der Waals surface area contributed by atoms with Crippen molar-refractivity contribution in [3.63, 3.8) is 0 Å². The lowest BCUT2D eigenvalue weighted by Crippen LogP contribution is -2.38. The van der Waals surface area contributed by atoms with Gasteiger partial charge in [-0.15, -0.1) is 0 Å². The van der Waals surface area contributed by atoms with Gasteiger partial charge in [-0.3, -0.25) is 9.89 Å². The van der Waals surface area contributed by atoms with Gasteiger partial charge in [0.25, 0.3) is 10.0 Å². The molecule has 11 heteroatoms. The molecule has 0 saturated heterocycles. The fourth-order valence-electron chi connectivity index (χ4n) is 7.39. The van der Waals surface area contributed by atoms with E-state index in [2.05, 4.69) is 0 Å². The number of fused-ring (bicyclic) bond motifs is 7. The summed E-state index contributed by atoms with van der Waals surface area (Å²) in [5, 5.41) is 3.10. The van der Waals surface area contributed by atoms with E-state index in [0.717, 1.165) is 27.1 Å². The SMILES string of the molecule is COc1ccc(S(=O)(=O)N2C(c3cc4ccccc4c4c3OP(=O)(O)Oc3ccc5ccccc5c3-4)=NC(c3ccccc3)C2c2ccccc2)cc1. The predicted octanol–water partition coefficient (Wildman–Crippen LogP) is 9.47. The molecule has 0 aromatic heterocycles. The Kier molecular flexibility index (Phi) is 7.85. The highest BCUT2D eigenvalue weighted by atomic mass is 32.2. The van der Waals surface area contributed by atoms with Crippen LogP contribution in [0, 0.1) is 0 Å². The molecule has 0 aliphatic carbocycles. The van der Waals surface area contributed by atoms with E-state index in [9.17, 15) is 9.46 Å². The van der Waals surface area contributed by atoms with Crippen molar-refractivity contribution in [3.05, 3.63) is 168 Å². The molecule has 2 aliphatic heterocycles. The predicted molar refractivity (Wildman–Crippen MR) is 205 cm³/mol. The minimum Gasteiger partial charge on any atom is -0.497 e. The van der Waals surface area contributed by atoms with E-state index in [4.69, 9.17) is 18.8 Å². The van der Waals surface area contributed by atoms with Crippen molar-refractivity contribution in [1.29, 1.82) is 0 Å². The van der Waals surface area contributed by atoms with E-state index >= 15 is 8.42 Å². The summed E-state index contributed by atoms with van der Waals surface area (Å²) in [5.74, 6) is 0.697. The van der Waals surface area contributed by atoms with Gasteiger partial charge in [-0.05, 0) is 69.1 Å². The number of benzene rings is 7. The summed E-state index contributed by atoms with van der Waals surface area (Å²) < 4.78 is 62.8. The molecule has 262 valence electrons. The number of phosphoric acid groups is 1. The molecule has 7 aromatic rings. The van der Waals surface area contributed by atoms with Crippen molar-refractivity contribution in [2.75, 3.05) is 7.11 Å². The number of phosphoric ester groups is 1. The van der Waals surface area contributed by atoms with Gasteiger partial charge in [-0.2, -0.15) is 0 Å². The normalized spacial score (nSPS) is 19.4. The van der Waals surface area contributed by atoms with Crippen LogP contribution in [0.1, 0.15) is 28.8 Å². The number of hydrogen-bond donors (Lipinski definition) is 1. The number of nitrogens with zero attached hydrogens (tertiary/aromatic N) is 2. The smallest absolute Gasteiger partial charge is 0.497 e. The van der Waals surface area contributed by atoms with Gasteiger partial charge in [-0.1, -0.05) is 115 Å². The lowest BCUT2D eigenvalue weighted by Gasteiger charge is -2.31. The lowest BCUT2D eigenvalue weighted by atomic mass is 9.90. The Hall–Kier alpha value is -5.93. The van der Waals surface area contributed by atoms with Crippen LogP contribution in [-0.4, -0.2) is 30.6 Å². The van der Waals surface area contributed by atoms with Crippen molar-refractivity contribution in [2.24, 2.45) is 4.99 Å². The molecular formula is C42H31N2O7PS. The highest BCUT2D eigenvalue weighted by Gasteiger charge is 2.48. The molecule has 0 saturated carbocycles. The third kappa shape index (κ3) is 5.54. The van der Waals surface area contributed by atoms with Crippen molar-refractivity contribution in [2.45, 2.75) is 17.0 Å². The minimum absolute atomic E-state index is 0.0148. The summed E-state index contributed by atoms with van der Waals surface area (Å²) in [6.07, 6.45) is 0. The quantitative estimate of drug-likeness (QED) is 0.169. The summed E-state index contributed by atoms with van der Waals surface area (Å²) in [4.78, 5) is 16.6. The Morgan fingerprint density at radius 1 is 0.698 bits per heavy atom. The third-order valence-corrected chi connectivity index (χ3v) is 12.4. The first kappa shape index (κ1) is 32.9. The maximum absolute atomic E-state index is 15.2. The second kappa shape index (κ2) is 12.6. The zero-order valence-electron chi connectivity index (χ0n) is 28.2. The first-order chi connectivity index (χ1) is 25.7. The standard InChI is InChI=1S/C42H31N2O7PS/c1-49-31-21-23-32(24-22-31)53(47,48)44-40(29-15-6-3-7-16-29)39(28-13-4-2-5-14-28)43-42(44)35-26-30-17-9-11-19-34(30)38-37-33-18-10-8-12-27(33)20-25-36(37)50-52(45,46)51-41(35)38/h2-26,39-40H,1H3,(H,45,46). The minimum atomic E-state index is -4.83. The molecule has 3 unspecified atom stereocenters. The molecule has 2 aliphatic rings. The van der Waals surface area contributed by atoms with Gasteiger partial charge >= 0.3 is 7.82 Å². The average Bonchev–Trinajstić information content (AvgIpc) is 3.54. The van der Waals surface area contributed by atoms with E-state index in [-0.39, 0.29) is 27.8 Å². The summed E-state index contributed by atoms with van der Waals surface area (Å²) in [5.41, 5.74) is 2.74. The Balaban J connectivity index is 1.40. The van der Waals surface area contributed by atoms with E-state index in [1.807, 2.05) is 115 Å². The number of ether oxygens (including phenoxy) is 1. The Bertz CT molecular complexity index is 2740. The fourth-order valence-corrected chi connectivity index (χ4v) is 9.86. The monoisotopic (exact) mass is 738 g/mol. The van der Waals surface area contributed by atoms with E-state index in [1.165, 1.54) is 23.5 Å². The summed E-state index contributed by atoms with van der Waals surface area (Å²) >= 11 is 0. The van der Waals surface area contributed by atoms with Crippen LogP contribution in [0.3, 0.4) is 0 Å². The maximum atomic E-state index is 15.2. The summed E-state index contributed by atoms with van der Waals surface area (Å²) in [6.45, 7) is 0. The molecule has 53 heavy (non-hydrogen) atoms. The van der Waals surface area contributed by atoms with Crippen LogP contribution in [0.4, 0.5) is 0 Å². The molecule has 9 nitrogen and oxygen atoms in total. The van der Waals surface area contributed by atoms with Crippen molar-refractivity contribution < 1.29 is 31.7 Å². The van der Waals surface area contributed by atoms with Gasteiger partial charge in [-0.25, -0.2) is 17.3 Å². The Morgan fingerprint density at radius 2 is 1.30 bits per heavy atom. The van der Waals surface area contributed by atoms with Crippen LogP contribution >= 0.6 is 7.82 Å². The molecule has 0 fully saturated rings. The second-order valence-electron chi connectivity index (χ2n) is 12.8. The first-order valence-electron chi connectivity index (χ1n) is 16.9. The molecule has 9 rings (SSSR count). The Labute approximate surface area is 306 Å². The number of hydrogen-bond acceptors (Lipinski definition) is 7. The Morgan fingerprint density at radius 3 is 1.98 bits per heavy atom. The lowest BCUT2D eigenvalue weighted by molar-refractivity contribution is 0.294. The van der Waals surface area contributed by atoms with Gasteiger partial charge in [0.1, 0.15) is 23.4 Å². The molecule has 0 spiro atoms. The summed E-state index contributed by atoms with van der Waals surface area (Å²) in [7, 11) is -7.70. The number of aliphatic imine (C=N–C) groups is 1. The largest absolute Gasteiger partial charge is 0.584 e. The number of sulfonamides is 1. The van der Waals surface area contributed by atoms with Gasteiger partial charge in [0.15, 0.2) is 5.75 Å². The molecule has 1 N–H and O–H groups in total. The zero-order valence-corrected chi connectivity index (χ0v) is 29.9. The van der Waals surface area contributed by atoms with Crippen LogP contribution in [0.25, 0.3) is 32.7 Å². The molecule has 0 amide bonds. The van der Waals surface area contributed by atoms with Gasteiger partial charge < -0.3 is 13.8 Å². The van der Waals surface area contributed by atoms with Crippen molar-refractivity contribution >= 4 is 45.2 Å². The van der Waals surface area contributed by atoms with Gasteiger partial charge in [0.2, 0.25) is 0 Å². The van der Waals surface area contributed by atoms with E-state index < -0.39 is 29.9 Å². The van der Waals surface area contributed by atoms with E-state index in [1.54, 1.807) is 24.3 Å². The molecule has 0 radical (unpaired) electrons.